The number of hydrogen-bond donors (Lipinski definition) is 0. The number of carbonyl (C=O) groups excluding carboxylic acids is 1. The van der Waals surface area contributed by atoms with Gasteiger partial charge in [-0.05, 0) is 34.4 Å². The quantitative estimate of drug-likeness (QED) is 0.470. The summed E-state index contributed by atoms with van der Waals surface area (Å²) in [6, 6.07) is 24.4. The first kappa shape index (κ1) is 17.5. The smallest absolute Gasteiger partial charge is 0.330 e. The second-order valence-electron chi connectivity index (χ2n) is 5.72. The monoisotopic (exact) mass is 344 g/mol. The van der Waals surface area contributed by atoms with Crippen LogP contribution in [0.2, 0.25) is 0 Å². The SMILES string of the molecule is COC(=O)/C=C/c1c(OC)cccc1-c1ccc(-c2ccccc2)cc1. The molecular formula is C23H20O3. The van der Waals surface area contributed by atoms with E-state index in [2.05, 4.69) is 41.1 Å². The van der Waals surface area contributed by atoms with Crippen LogP contribution in [-0.4, -0.2) is 20.2 Å². The van der Waals surface area contributed by atoms with Crippen molar-refractivity contribution in [2.24, 2.45) is 0 Å². The van der Waals surface area contributed by atoms with Gasteiger partial charge in [0.2, 0.25) is 0 Å². The van der Waals surface area contributed by atoms with Crippen molar-refractivity contribution in [3.05, 3.63) is 84.4 Å². The van der Waals surface area contributed by atoms with Crippen molar-refractivity contribution < 1.29 is 14.3 Å². The number of hydrogen-bond acceptors (Lipinski definition) is 3. The molecule has 0 saturated heterocycles. The van der Waals surface area contributed by atoms with Crippen LogP contribution >= 0.6 is 0 Å². The highest BCUT2D eigenvalue weighted by Crippen LogP contribution is 2.33. The molecule has 0 saturated carbocycles. The Balaban J connectivity index is 2.01. The summed E-state index contributed by atoms with van der Waals surface area (Å²) >= 11 is 0. The highest BCUT2D eigenvalue weighted by atomic mass is 16.5. The maximum Gasteiger partial charge on any atom is 0.330 e. The van der Waals surface area contributed by atoms with E-state index in [4.69, 9.17) is 4.74 Å². The third-order valence-corrected chi connectivity index (χ3v) is 4.18. The summed E-state index contributed by atoms with van der Waals surface area (Å²) in [5, 5.41) is 0. The topological polar surface area (TPSA) is 35.5 Å². The van der Waals surface area contributed by atoms with Crippen LogP contribution in [0.15, 0.2) is 78.9 Å². The molecule has 0 aliphatic carbocycles. The predicted octanol–water partition coefficient (Wildman–Crippen LogP) is 5.22. The molecule has 0 spiro atoms. The molecule has 26 heavy (non-hydrogen) atoms. The van der Waals surface area contributed by atoms with Gasteiger partial charge < -0.3 is 9.47 Å². The lowest BCUT2D eigenvalue weighted by atomic mass is 9.96. The minimum absolute atomic E-state index is 0.402. The fourth-order valence-electron chi connectivity index (χ4n) is 2.84. The van der Waals surface area contributed by atoms with Crippen molar-refractivity contribution in [2.45, 2.75) is 0 Å². The molecule has 130 valence electrons. The van der Waals surface area contributed by atoms with E-state index in [1.165, 1.54) is 18.7 Å². The summed E-state index contributed by atoms with van der Waals surface area (Å²) in [7, 11) is 2.98. The van der Waals surface area contributed by atoms with Gasteiger partial charge >= 0.3 is 5.97 Å². The van der Waals surface area contributed by atoms with Gasteiger partial charge in [0.15, 0.2) is 0 Å². The van der Waals surface area contributed by atoms with Crippen LogP contribution < -0.4 is 4.74 Å². The van der Waals surface area contributed by atoms with Crippen molar-refractivity contribution in [3.8, 4) is 28.0 Å². The molecule has 3 aromatic rings. The van der Waals surface area contributed by atoms with Crippen molar-refractivity contribution in [1.29, 1.82) is 0 Å². The fraction of sp³-hybridized carbons (Fsp3) is 0.0870. The molecule has 0 heterocycles. The Hall–Kier alpha value is -3.33. The van der Waals surface area contributed by atoms with Gasteiger partial charge in [0.25, 0.3) is 0 Å². The van der Waals surface area contributed by atoms with Crippen LogP contribution in [0.5, 0.6) is 5.75 Å². The van der Waals surface area contributed by atoms with Crippen LogP contribution in [0, 0.1) is 0 Å². The summed E-state index contributed by atoms with van der Waals surface area (Å²) in [6.45, 7) is 0. The third-order valence-electron chi connectivity index (χ3n) is 4.18. The standard InChI is InChI=1S/C23H20O3/c1-25-22-10-6-9-20(21(22)15-16-23(24)26-2)19-13-11-18(12-14-19)17-7-4-3-5-8-17/h3-16H,1-2H3/b16-15+. The zero-order valence-electron chi connectivity index (χ0n) is 14.8. The lowest BCUT2D eigenvalue weighted by Gasteiger charge is -2.12. The van der Waals surface area contributed by atoms with Gasteiger partial charge in [-0.15, -0.1) is 0 Å². The number of ether oxygens (including phenoxy) is 2. The number of benzene rings is 3. The molecule has 0 fully saturated rings. The Kier molecular flexibility index (Phi) is 5.49. The van der Waals surface area contributed by atoms with E-state index in [-0.39, 0.29) is 0 Å². The molecule has 0 unspecified atom stereocenters. The zero-order chi connectivity index (χ0) is 18.4. The van der Waals surface area contributed by atoms with E-state index in [0.29, 0.717) is 5.75 Å². The number of carbonyl (C=O) groups is 1. The summed E-state index contributed by atoms with van der Waals surface area (Å²) in [5.74, 6) is 0.302. The minimum atomic E-state index is -0.402. The van der Waals surface area contributed by atoms with Crippen LogP contribution in [-0.2, 0) is 9.53 Å². The van der Waals surface area contributed by atoms with Gasteiger partial charge in [0, 0.05) is 11.6 Å². The average molecular weight is 344 g/mol. The molecule has 0 atom stereocenters. The van der Waals surface area contributed by atoms with E-state index < -0.39 is 5.97 Å². The van der Waals surface area contributed by atoms with Gasteiger partial charge in [-0.25, -0.2) is 4.79 Å². The van der Waals surface area contributed by atoms with Crippen LogP contribution in [0.25, 0.3) is 28.3 Å². The van der Waals surface area contributed by atoms with Crippen molar-refractivity contribution >= 4 is 12.0 Å². The number of esters is 1. The summed E-state index contributed by atoms with van der Waals surface area (Å²) in [6.07, 6.45) is 3.13. The Morgan fingerprint density at radius 2 is 1.42 bits per heavy atom. The lowest BCUT2D eigenvalue weighted by Crippen LogP contribution is -1.95. The Morgan fingerprint density at radius 3 is 2.08 bits per heavy atom. The lowest BCUT2D eigenvalue weighted by molar-refractivity contribution is -0.134. The Labute approximate surface area is 153 Å². The molecule has 0 amide bonds. The maximum atomic E-state index is 11.5. The first-order chi connectivity index (χ1) is 12.7. The van der Waals surface area contributed by atoms with Crippen molar-refractivity contribution in [2.75, 3.05) is 14.2 Å². The van der Waals surface area contributed by atoms with E-state index in [1.807, 2.05) is 36.4 Å². The molecule has 0 aliphatic rings. The maximum absolute atomic E-state index is 11.5. The average Bonchev–Trinajstić information content (AvgIpc) is 2.72. The Bertz CT molecular complexity index is 910. The van der Waals surface area contributed by atoms with Crippen LogP contribution in [0.4, 0.5) is 0 Å². The molecule has 3 heteroatoms. The van der Waals surface area contributed by atoms with Gasteiger partial charge in [0.1, 0.15) is 5.75 Å². The molecule has 3 rings (SSSR count). The molecule has 0 radical (unpaired) electrons. The van der Waals surface area contributed by atoms with E-state index in [1.54, 1.807) is 13.2 Å². The fourth-order valence-corrected chi connectivity index (χ4v) is 2.84. The molecule has 0 N–H and O–H groups in total. The molecule has 3 nitrogen and oxygen atoms in total. The van der Waals surface area contributed by atoms with Gasteiger partial charge in [0.05, 0.1) is 14.2 Å². The second-order valence-corrected chi connectivity index (χ2v) is 5.72. The largest absolute Gasteiger partial charge is 0.496 e. The second kappa shape index (κ2) is 8.17. The van der Waals surface area contributed by atoms with E-state index in [0.717, 1.165) is 22.3 Å². The highest BCUT2D eigenvalue weighted by molar-refractivity contribution is 5.90. The van der Waals surface area contributed by atoms with Gasteiger partial charge in [-0.1, -0.05) is 66.7 Å². The molecule has 0 bridgehead atoms. The van der Waals surface area contributed by atoms with Crippen LogP contribution in [0.1, 0.15) is 5.56 Å². The van der Waals surface area contributed by atoms with Crippen molar-refractivity contribution in [3.63, 3.8) is 0 Å². The highest BCUT2D eigenvalue weighted by Gasteiger charge is 2.09. The van der Waals surface area contributed by atoms with Crippen molar-refractivity contribution in [1.82, 2.24) is 0 Å². The van der Waals surface area contributed by atoms with Gasteiger partial charge in [-0.2, -0.15) is 0 Å². The Morgan fingerprint density at radius 1 is 0.769 bits per heavy atom. The molecule has 3 aromatic carbocycles. The van der Waals surface area contributed by atoms with E-state index >= 15 is 0 Å². The molecule has 0 aromatic heterocycles. The first-order valence-corrected chi connectivity index (χ1v) is 8.32. The van der Waals surface area contributed by atoms with Crippen LogP contribution in [0.3, 0.4) is 0 Å². The first-order valence-electron chi connectivity index (χ1n) is 8.32. The summed E-state index contributed by atoms with van der Waals surface area (Å²) in [4.78, 5) is 11.5. The summed E-state index contributed by atoms with van der Waals surface area (Å²) < 4.78 is 10.2. The van der Waals surface area contributed by atoms with Gasteiger partial charge in [-0.3, -0.25) is 0 Å². The predicted molar refractivity (Wildman–Crippen MR) is 105 cm³/mol. The number of methoxy groups -OCH3 is 2. The molecule has 0 aliphatic heterocycles. The zero-order valence-corrected chi connectivity index (χ0v) is 14.8. The number of rotatable bonds is 5. The third kappa shape index (κ3) is 3.83. The minimum Gasteiger partial charge on any atom is -0.496 e. The molecular weight excluding hydrogens is 324 g/mol. The van der Waals surface area contributed by atoms with E-state index in [9.17, 15) is 4.79 Å². The normalized spacial score (nSPS) is 10.7. The summed E-state index contributed by atoms with van der Waals surface area (Å²) in [5.41, 5.74) is 5.21.